The van der Waals surface area contributed by atoms with Crippen molar-refractivity contribution in [3.63, 3.8) is 0 Å². The zero-order valence-electron chi connectivity index (χ0n) is 7.42. The average molecular weight is 162 g/mol. The van der Waals surface area contributed by atoms with Crippen LogP contribution in [0.25, 0.3) is 0 Å². The van der Waals surface area contributed by atoms with E-state index in [2.05, 4.69) is 20.1 Å². The Morgan fingerprint density at radius 1 is 1.50 bits per heavy atom. The molecule has 0 bridgehead atoms. The van der Waals surface area contributed by atoms with Gasteiger partial charge in [0.2, 0.25) is 0 Å². The molecule has 0 saturated heterocycles. The standard InChI is InChI=1S/C11H14O/c1-4-9-7-8-10(5-2)12-11(9)6-3/h4,6-8,10H,1,3,5H2,2H3. The van der Waals surface area contributed by atoms with Gasteiger partial charge in [0.25, 0.3) is 0 Å². The molecule has 0 saturated carbocycles. The van der Waals surface area contributed by atoms with Crippen LogP contribution >= 0.6 is 0 Å². The van der Waals surface area contributed by atoms with Gasteiger partial charge < -0.3 is 4.74 Å². The molecule has 0 aliphatic carbocycles. The third-order valence-corrected chi connectivity index (χ3v) is 1.86. The number of rotatable bonds is 3. The van der Waals surface area contributed by atoms with Crippen molar-refractivity contribution in [2.24, 2.45) is 0 Å². The van der Waals surface area contributed by atoms with E-state index in [1.165, 1.54) is 0 Å². The Balaban J connectivity index is 2.85. The SMILES string of the molecule is C=CC1=C(C=C)OC(CC)C=C1. The summed E-state index contributed by atoms with van der Waals surface area (Å²) >= 11 is 0. The van der Waals surface area contributed by atoms with E-state index in [0.717, 1.165) is 17.8 Å². The molecule has 12 heavy (non-hydrogen) atoms. The van der Waals surface area contributed by atoms with Gasteiger partial charge >= 0.3 is 0 Å². The molecule has 0 radical (unpaired) electrons. The molecule has 0 aromatic carbocycles. The van der Waals surface area contributed by atoms with Crippen LogP contribution in [0.5, 0.6) is 0 Å². The quantitative estimate of drug-likeness (QED) is 0.620. The van der Waals surface area contributed by atoms with Crippen molar-refractivity contribution in [2.45, 2.75) is 19.4 Å². The van der Waals surface area contributed by atoms with Gasteiger partial charge in [-0.15, -0.1) is 0 Å². The maximum Gasteiger partial charge on any atom is 0.126 e. The van der Waals surface area contributed by atoms with Gasteiger partial charge in [-0.25, -0.2) is 0 Å². The van der Waals surface area contributed by atoms with Crippen LogP contribution in [-0.4, -0.2) is 6.10 Å². The Morgan fingerprint density at radius 2 is 2.25 bits per heavy atom. The Bertz CT molecular complexity index is 246. The molecule has 0 spiro atoms. The van der Waals surface area contributed by atoms with Crippen LogP contribution in [-0.2, 0) is 4.74 Å². The second kappa shape index (κ2) is 3.96. The van der Waals surface area contributed by atoms with Crippen LogP contribution in [0, 0.1) is 0 Å². The van der Waals surface area contributed by atoms with Crippen molar-refractivity contribution in [3.05, 3.63) is 48.8 Å². The Hall–Kier alpha value is -1.24. The molecule has 0 aromatic rings. The highest BCUT2D eigenvalue weighted by Crippen LogP contribution is 2.20. The maximum absolute atomic E-state index is 5.59. The van der Waals surface area contributed by atoms with Gasteiger partial charge in [0, 0.05) is 5.57 Å². The summed E-state index contributed by atoms with van der Waals surface area (Å²) in [6.45, 7) is 9.48. The Kier molecular flexibility index (Phi) is 2.92. The zero-order chi connectivity index (χ0) is 8.97. The molecule has 1 aliphatic rings. The molecule has 1 aliphatic heterocycles. The number of hydrogen-bond donors (Lipinski definition) is 0. The van der Waals surface area contributed by atoms with Gasteiger partial charge in [0.05, 0.1) is 0 Å². The first kappa shape index (κ1) is 8.85. The normalized spacial score (nSPS) is 21.9. The van der Waals surface area contributed by atoms with Crippen LogP contribution in [0.3, 0.4) is 0 Å². The van der Waals surface area contributed by atoms with Crippen molar-refractivity contribution < 1.29 is 4.74 Å². The lowest BCUT2D eigenvalue weighted by atomic mass is 10.1. The van der Waals surface area contributed by atoms with Gasteiger partial charge in [-0.2, -0.15) is 0 Å². The summed E-state index contributed by atoms with van der Waals surface area (Å²) < 4.78 is 5.59. The van der Waals surface area contributed by atoms with E-state index in [4.69, 9.17) is 4.74 Å². The third kappa shape index (κ3) is 1.67. The fraction of sp³-hybridized carbons (Fsp3) is 0.273. The lowest BCUT2D eigenvalue weighted by Crippen LogP contribution is -2.11. The minimum Gasteiger partial charge on any atom is -0.486 e. The van der Waals surface area contributed by atoms with E-state index in [9.17, 15) is 0 Å². The van der Waals surface area contributed by atoms with Crippen LogP contribution in [0.4, 0.5) is 0 Å². The number of hydrogen-bond acceptors (Lipinski definition) is 1. The first-order valence-electron chi connectivity index (χ1n) is 4.15. The lowest BCUT2D eigenvalue weighted by molar-refractivity contribution is 0.156. The highest BCUT2D eigenvalue weighted by atomic mass is 16.5. The predicted molar refractivity (Wildman–Crippen MR) is 51.7 cm³/mol. The van der Waals surface area contributed by atoms with Crippen LogP contribution in [0.1, 0.15) is 13.3 Å². The monoisotopic (exact) mass is 162 g/mol. The van der Waals surface area contributed by atoms with E-state index >= 15 is 0 Å². The average Bonchev–Trinajstić information content (AvgIpc) is 2.16. The smallest absolute Gasteiger partial charge is 0.126 e. The van der Waals surface area contributed by atoms with E-state index in [-0.39, 0.29) is 6.10 Å². The van der Waals surface area contributed by atoms with E-state index in [0.29, 0.717) is 0 Å². The minimum atomic E-state index is 0.196. The van der Waals surface area contributed by atoms with E-state index in [1.54, 1.807) is 12.2 Å². The molecule has 1 rings (SSSR count). The predicted octanol–water partition coefficient (Wildman–Crippen LogP) is 2.98. The van der Waals surface area contributed by atoms with Gasteiger partial charge in [-0.3, -0.25) is 0 Å². The lowest BCUT2D eigenvalue weighted by Gasteiger charge is -2.20. The summed E-state index contributed by atoms with van der Waals surface area (Å²) in [6.07, 6.45) is 8.76. The summed E-state index contributed by atoms with van der Waals surface area (Å²) in [5, 5.41) is 0. The molecular weight excluding hydrogens is 148 g/mol. The van der Waals surface area contributed by atoms with E-state index in [1.807, 2.05) is 12.2 Å². The number of ether oxygens (including phenoxy) is 1. The van der Waals surface area contributed by atoms with Crippen LogP contribution in [0.2, 0.25) is 0 Å². The topological polar surface area (TPSA) is 9.23 Å². The highest BCUT2D eigenvalue weighted by molar-refractivity contribution is 5.38. The Morgan fingerprint density at radius 3 is 2.75 bits per heavy atom. The van der Waals surface area contributed by atoms with Crippen molar-refractivity contribution in [2.75, 3.05) is 0 Å². The first-order valence-corrected chi connectivity index (χ1v) is 4.15. The molecule has 1 atom stereocenters. The number of allylic oxidation sites excluding steroid dienone is 4. The molecule has 1 nitrogen and oxygen atoms in total. The molecule has 0 aromatic heterocycles. The molecule has 1 heteroatoms. The second-order valence-electron chi connectivity index (χ2n) is 2.65. The highest BCUT2D eigenvalue weighted by Gasteiger charge is 2.11. The molecule has 1 unspecified atom stereocenters. The van der Waals surface area contributed by atoms with Crippen LogP contribution in [0.15, 0.2) is 48.8 Å². The van der Waals surface area contributed by atoms with Gasteiger partial charge in [-0.05, 0) is 18.6 Å². The van der Waals surface area contributed by atoms with Gasteiger partial charge in [0.15, 0.2) is 0 Å². The molecular formula is C11H14O. The summed E-state index contributed by atoms with van der Waals surface area (Å²) in [5.41, 5.74) is 1.01. The van der Waals surface area contributed by atoms with Crippen molar-refractivity contribution in [1.82, 2.24) is 0 Å². The molecule has 64 valence electrons. The Labute approximate surface area is 73.7 Å². The summed E-state index contributed by atoms with van der Waals surface area (Å²) in [7, 11) is 0. The van der Waals surface area contributed by atoms with Crippen LogP contribution < -0.4 is 0 Å². The zero-order valence-corrected chi connectivity index (χ0v) is 7.42. The fourth-order valence-electron chi connectivity index (χ4n) is 1.12. The molecule has 0 amide bonds. The van der Waals surface area contributed by atoms with E-state index < -0.39 is 0 Å². The largest absolute Gasteiger partial charge is 0.486 e. The minimum absolute atomic E-state index is 0.196. The van der Waals surface area contributed by atoms with Crippen molar-refractivity contribution in [1.29, 1.82) is 0 Å². The molecule has 0 N–H and O–H groups in total. The fourth-order valence-corrected chi connectivity index (χ4v) is 1.12. The van der Waals surface area contributed by atoms with Crippen molar-refractivity contribution >= 4 is 0 Å². The summed E-state index contributed by atoms with van der Waals surface area (Å²) in [6, 6.07) is 0. The summed E-state index contributed by atoms with van der Waals surface area (Å²) in [4.78, 5) is 0. The second-order valence-corrected chi connectivity index (χ2v) is 2.65. The van der Waals surface area contributed by atoms with Gasteiger partial charge in [-0.1, -0.05) is 32.2 Å². The van der Waals surface area contributed by atoms with Gasteiger partial charge in [0.1, 0.15) is 11.9 Å². The molecule has 1 heterocycles. The third-order valence-electron chi connectivity index (χ3n) is 1.86. The first-order chi connectivity index (χ1) is 5.81. The molecule has 0 fully saturated rings. The van der Waals surface area contributed by atoms with Crippen molar-refractivity contribution in [3.8, 4) is 0 Å². The maximum atomic E-state index is 5.59. The summed E-state index contributed by atoms with van der Waals surface area (Å²) in [5.74, 6) is 0.833.